The Morgan fingerprint density at radius 2 is 1.72 bits per heavy atom. The molecule has 0 saturated carbocycles. The number of aromatic nitrogens is 1. The highest BCUT2D eigenvalue weighted by Crippen LogP contribution is 2.20. The monoisotopic (exact) mass is 260 g/mol. The van der Waals surface area contributed by atoms with Crippen molar-refractivity contribution in [2.45, 2.75) is 13.8 Å². The zero-order valence-electron chi connectivity index (χ0n) is 10.2. The van der Waals surface area contributed by atoms with Gasteiger partial charge in [0.25, 0.3) is 5.91 Å². The number of aryl methyl sites for hydroxylation is 2. The van der Waals surface area contributed by atoms with Crippen LogP contribution in [-0.2, 0) is 0 Å². The van der Waals surface area contributed by atoms with Crippen LogP contribution in [0, 0.1) is 13.8 Å². The average Bonchev–Trinajstić information content (AvgIpc) is 2.34. The van der Waals surface area contributed by atoms with Gasteiger partial charge in [0.2, 0.25) is 0 Å². The Kier molecular flexibility index (Phi) is 3.63. The molecule has 0 fully saturated rings. The van der Waals surface area contributed by atoms with E-state index in [1.165, 1.54) is 0 Å². The van der Waals surface area contributed by atoms with Crippen molar-refractivity contribution in [2.24, 2.45) is 0 Å². The van der Waals surface area contributed by atoms with Crippen molar-refractivity contribution in [2.75, 3.05) is 5.32 Å². The number of hydrogen-bond donors (Lipinski definition) is 1. The number of para-hydroxylation sites is 1. The maximum absolute atomic E-state index is 12.0. The van der Waals surface area contributed by atoms with E-state index in [2.05, 4.69) is 10.3 Å². The smallest absolute Gasteiger partial charge is 0.274 e. The lowest BCUT2D eigenvalue weighted by Gasteiger charge is -2.11. The summed E-state index contributed by atoms with van der Waals surface area (Å²) >= 11 is 5.76. The third-order valence-electron chi connectivity index (χ3n) is 2.67. The normalized spacial score (nSPS) is 10.2. The van der Waals surface area contributed by atoms with Gasteiger partial charge in [-0.15, -0.1) is 0 Å². The Labute approximate surface area is 111 Å². The van der Waals surface area contributed by atoms with E-state index in [0.717, 1.165) is 16.8 Å². The number of nitrogens with one attached hydrogen (secondary N) is 1. The average molecular weight is 261 g/mol. The van der Waals surface area contributed by atoms with Crippen LogP contribution in [0.1, 0.15) is 21.6 Å². The number of halogens is 1. The summed E-state index contributed by atoms with van der Waals surface area (Å²) in [4.78, 5) is 16.0. The van der Waals surface area contributed by atoms with Crippen molar-refractivity contribution >= 4 is 23.2 Å². The number of rotatable bonds is 2. The number of benzene rings is 1. The first kappa shape index (κ1) is 12.6. The fourth-order valence-corrected chi connectivity index (χ4v) is 1.89. The van der Waals surface area contributed by atoms with Crippen molar-refractivity contribution < 1.29 is 4.79 Å². The molecule has 0 aliphatic heterocycles. The summed E-state index contributed by atoms with van der Waals surface area (Å²) < 4.78 is 0. The molecule has 0 atom stereocenters. The first-order valence-corrected chi connectivity index (χ1v) is 5.96. The van der Waals surface area contributed by atoms with E-state index in [1.807, 2.05) is 32.0 Å². The second-order valence-electron chi connectivity index (χ2n) is 4.07. The molecule has 1 N–H and O–H groups in total. The van der Waals surface area contributed by atoms with Gasteiger partial charge in [0.15, 0.2) is 0 Å². The minimum Gasteiger partial charge on any atom is -0.320 e. The molecule has 18 heavy (non-hydrogen) atoms. The Morgan fingerprint density at radius 3 is 2.33 bits per heavy atom. The predicted octanol–water partition coefficient (Wildman–Crippen LogP) is 3.60. The van der Waals surface area contributed by atoms with Gasteiger partial charge in [-0.2, -0.15) is 0 Å². The first-order chi connectivity index (χ1) is 8.58. The van der Waals surface area contributed by atoms with Gasteiger partial charge >= 0.3 is 0 Å². The number of pyridine rings is 1. The fourth-order valence-electron chi connectivity index (χ4n) is 1.72. The number of hydrogen-bond acceptors (Lipinski definition) is 2. The van der Waals surface area contributed by atoms with Gasteiger partial charge in [0, 0.05) is 5.69 Å². The lowest BCUT2D eigenvalue weighted by atomic mass is 10.1. The van der Waals surface area contributed by atoms with E-state index < -0.39 is 0 Å². The topological polar surface area (TPSA) is 42.0 Å². The number of amides is 1. The first-order valence-electron chi connectivity index (χ1n) is 5.58. The van der Waals surface area contributed by atoms with Crippen LogP contribution in [0.15, 0.2) is 36.4 Å². The van der Waals surface area contributed by atoms with Gasteiger partial charge in [0.1, 0.15) is 10.8 Å². The molecular formula is C14H13ClN2O. The summed E-state index contributed by atoms with van der Waals surface area (Å²) in [6.07, 6.45) is 0. The van der Waals surface area contributed by atoms with Crippen LogP contribution in [0.4, 0.5) is 5.69 Å². The molecule has 1 heterocycles. The maximum atomic E-state index is 12.0. The SMILES string of the molecule is Cc1cccc(C)c1NC(=O)c1cccc(Cl)n1. The van der Waals surface area contributed by atoms with Gasteiger partial charge in [-0.25, -0.2) is 4.98 Å². The number of carbonyl (C=O) groups excluding carboxylic acids is 1. The standard InChI is InChI=1S/C14H13ClN2O/c1-9-5-3-6-10(2)13(9)17-14(18)11-7-4-8-12(15)16-11/h3-8H,1-2H3,(H,17,18). The highest BCUT2D eigenvalue weighted by Gasteiger charge is 2.10. The third-order valence-corrected chi connectivity index (χ3v) is 2.88. The van der Waals surface area contributed by atoms with Crippen LogP contribution in [-0.4, -0.2) is 10.9 Å². The van der Waals surface area contributed by atoms with Gasteiger partial charge in [0.05, 0.1) is 0 Å². The second kappa shape index (κ2) is 5.19. The number of carbonyl (C=O) groups is 1. The lowest BCUT2D eigenvalue weighted by molar-refractivity contribution is 0.102. The zero-order chi connectivity index (χ0) is 13.1. The minimum absolute atomic E-state index is 0.255. The van der Waals surface area contributed by atoms with E-state index in [1.54, 1.807) is 18.2 Å². The van der Waals surface area contributed by atoms with Crippen LogP contribution < -0.4 is 5.32 Å². The maximum Gasteiger partial charge on any atom is 0.274 e. The highest BCUT2D eigenvalue weighted by molar-refractivity contribution is 6.29. The van der Waals surface area contributed by atoms with Gasteiger partial charge < -0.3 is 5.32 Å². The molecule has 0 radical (unpaired) electrons. The third kappa shape index (κ3) is 2.68. The largest absolute Gasteiger partial charge is 0.320 e. The quantitative estimate of drug-likeness (QED) is 0.839. The van der Waals surface area contributed by atoms with Crippen LogP contribution >= 0.6 is 11.6 Å². The van der Waals surface area contributed by atoms with Crippen LogP contribution in [0.2, 0.25) is 5.15 Å². The molecule has 1 aromatic carbocycles. The van der Waals surface area contributed by atoms with E-state index in [9.17, 15) is 4.79 Å². The molecule has 0 unspecified atom stereocenters. The number of anilines is 1. The lowest BCUT2D eigenvalue weighted by Crippen LogP contribution is -2.15. The molecule has 2 aromatic rings. The molecule has 0 spiro atoms. The minimum atomic E-state index is -0.255. The van der Waals surface area contributed by atoms with Crippen LogP contribution in [0.3, 0.4) is 0 Å². The van der Waals surface area contributed by atoms with Crippen molar-refractivity contribution in [1.29, 1.82) is 0 Å². The predicted molar refractivity (Wildman–Crippen MR) is 73.1 cm³/mol. The van der Waals surface area contributed by atoms with Gasteiger partial charge in [-0.3, -0.25) is 4.79 Å². The Hall–Kier alpha value is -1.87. The summed E-state index contributed by atoms with van der Waals surface area (Å²) in [5, 5.41) is 3.17. The molecule has 4 heteroatoms. The van der Waals surface area contributed by atoms with E-state index >= 15 is 0 Å². The zero-order valence-corrected chi connectivity index (χ0v) is 11.0. The molecule has 92 valence electrons. The van der Waals surface area contributed by atoms with E-state index in [-0.39, 0.29) is 5.91 Å². The Morgan fingerprint density at radius 1 is 1.11 bits per heavy atom. The van der Waals surface area contributed by atoms with E-state index in [4.69, 9.17) is 11.6 Å². The fraction of sp³-hybridized carbons (Fsp3) is 0.143. The van der Waals surface area contributed by atoms with Crippen molar-refractivity contribution in [1.82, 2.24) is 4.98 Å². The summed E-state index contributed by atoms with van der Waals surface area (Å²) in [6.45, 7) is 3.90. The van der Waals surface area contributed by atoms with Crippen LogP contribution in [0.25, 0.3) is 0 Å². The molecular weight excluding hydrogens is 248 g/mol. The molecule has 2 rings (SSSR count). The van der Waals surface area contributed by atoms with Crippen LogP contribution in [0.5, 0.6) is 0 Å². The summed E-state index contributed by atoms with van der Waals surface area (Å²) in [7, 11) is 0. The molecule has 0 saturated heterocycles. The molecule has 0 aliphatic carbocycles. The molecule has 0 aliphatic rings. The van der Waals surface area contributed by atoms with Gasteiger partial charge in [-0.05, 0) is 37.1 Å². The summed E-state index contributed by atoms with van der Waals surface area (Å²) in [6, 6.07) is 10.8. The molecule has 1 aromatic heterocycles. The molecule has 3 nitrogen and oxygen atoms in total. The van der Waals surface area contributed by atoms with Crippen molar-refractivity contribution in [3.63, 3.8) is 0 Å². The van der Waals surface area contributed by atoms with Crippen molar-refractivity contribution in [3.8, 4) is 0 Å². The Balaban J connectivity index is 2.27. The Bertz CT molecular complexity index is 576. The summed E-state index contributed by atoms with van der Waals surface area (Å²) in [5.74, 6) is -0.255. The van der Waals surface area contributed by atoms with Gasteiger partial charge in [-0.1, -0.05) is 35.9 Å². The summed E-state index contributed by atoms with van der Waals surface area (Å²) in [5.41, 5.74) is 3.17. The highest BCUT2D eigenvalue weighted by atomic mass is 35.5. The van der Waals surface area contributed by atoms with E-state index in [0.29, 0.717) is 10.8 Å². The second-order valence-corrected chi connectivity index (χ2v) is 4.45. The molecule has 0 bridgehead atoms. The molecule has 1 amide bonds. The number of nitrogens with zero attached hydrogens (tertiary/aromatic N) is 1. The van der Waals surface area contributed by atoms with Crippen molar-refractivity contribution in [3.05, 3.63) is 58.4 Å².